The maximum absolute atomic E-state index is 11.3. The molecule has 1 aliphatic rings. The van der Waals surface area contributed by atoms with Gasteiger partial charge in [-0.1, -0.05) is 292 Å². The minimum absolute atomic E-state index is 0.0426. The second-order valence-corrected chi connectivity index (χ2v) is 32.4. The molecule has 5 nitrogen and oxygen atoms in total. The van der Waals surface area contributed by atoms with Gasteiger partial charge < -0.3 is 4.74 Å². The fourth-order valence-electron chi connectivity index (χ4n) is 14.1. The largest absolute Gasteiger partial charge is 0.458 e. The first-order valence-electron chi connectivity index (χ1n) is 50.3. The Labute approximate surface area is 659 Å². The first-order chi connectivity index (χ1) is 63.9. The van der Waals surface area contributed by atoms with Gasteiger partial charge in [0, 0.05) is 31.3 Å². The number of pyridine rings is 1. The highest BCUT2D eigenvalue weighted by atomic mass is 28.3. The molecule has 0 saturated heterocycles. The summed E-state index contributed by atoms with van der Waals surface area (Å²) in [5.74, 6) is 1.00. The van der Waals surface area contributed by atoms with Gasteiger partial charge in [-0.05, 0) is 212 Å². The number of rotatable bonds is 11. The van der Waals surface area contributed by atoms with E-state index in [4.69, 9.17) is 13.8 Å². The number of ether oxygens (including phenoxy) is 1. The lowest BCUT2D eigenvalue weighted by atomic mass is 9.78. The Morgan fingerprint density at radius 2 is 0.962 bits per heavy atom. The zero-order valence-corrected chi connectivity index (χ0v) is 59.1. The molecule has 0 amide bonds. The molecule has 0 saturated carbocycles. The van der Waals surface area contributed by atoms with E-state index in [2.05, 4.69) is 27.1 Å². The zero-order valence-electron chi connectivity index (χ0n) is 91.1. The van der Waals surface area contributed by atoms with Crippen molar-refractivity contribution in [2.24, 2.45) is 0 Å². The minimum atomic E-state index is -6.63. The van der Waals surface area contributed by atoms with Crippen molar-refractivity contribution in [2.75, 3.05) is 0 Å². The molecule has 0 fully saturated rings. The molecular formula is C98H84N4OSi. The van der Waals surface area contributed by atoms with Crippen LogP contribution in [0.25, 0.3) is 117 Å². The van der Waals surface area contributed by atoms with E-state index in [9.17, 15) is 41.1 Å². The monoisotopic (exact) mass is 1390 g/mol. The summed E-state index contributed by atoms with van der Waals surface area (Å²) in [4.78, 5) is 4.89. The van der Waals surface area contributed by atoms with E-state index in [1.165, 1.54) is 51.6 Å². The number of fused-ring (bicyclic) bond motifs is 10. The van der Waals surface area contributed by atoms with Crippen molar-refractivity contribution in [1.29, 1.82) is 0 Å². The van der Waals surface area contributed by atoms with Crippen LogP contribution < -0.4 is 30.1 Å². The second kappa shape index (κ2) is 25.4. The van der Waals surface area contributed by atoms with Crippen LogP contribution in [0.2, 0.25) is 0 Å². The Balaban J connectivity index is 1.12. The van der Waals surface area contributed by atoms with E-state index in [1.807, 2.05) is 113 Å². The van der Waals surface area contributed by atoms with Gasteiger partial charge in [0.15, 0.2) is 8.07 Å². The lowest BCUT2D eigenvalue weighted by Crippen LogP contribution is -2.74. The highest BCUT2D eigenvalue weighted by molar-refractivity contribution is 7.20. The summed E-state index contributed by atoms with van der Waals surface area (Å²) in [7, 11) is -6.63. The van der Waals surface area contributed by atoms with Crippen LogP contribution in [0.3, 0.4) is 0 Å². The average Bonchev–Trinajstić information content (AvgIpc) is 0.729. The summed E-state index contributed by atoms with van der Waals surface area (Å²) in [6.07, 6.45) is 5.31. The molecule has 17 rings (SSSR count). The van der Waals surface area contributed by atoms with Gasteiger partial charge in [0.2, 0.25) is 0 Å². The summed E-state index contributed by atoms with van der Waals surface area (Å²) in [5, 5.41) is -2.89. The fraction of sp³-hybridized carbons (Fsp3) is 0.143. The van der Waals surface area contributed by atoms with E-state index in [1.54, 1.807) is 36.5 Å². The standard InChI is InChI=1S/C98H84N4OSi/c1-64-30-27-31-65(2)93(64)69-56-86(68-52-71(97(6,7)8)59-72(53-68)98(9,10)11)94-87(57-69)82-44-23-21-42-80(82)81-43-22-24-45-83(81)88-55-67(66-32-28-41-79(54-66)104(76-35-15-12-16-36-76,77-37-17-13-18-38-77)78-39-19-14-20-40-78)58-91-95(88)101(94)63-100(91)73-33-29-34-74(61-73)103-75-48-49-85-84-46-25-26-47-89(84)102(90(85)62-75)92-60-70(50-51-99-92)96(3,4)5/h12-62H,1-11H3/i1D3,2D3,12D,13D,14D,15D,16D,17D,18D,19D,20D,21D,22D,23D,24D,28D,32D,35D,36D,37D,38D,39D,40D,41D,42D,43D,44D,45D,54D. The Bertz CT molecular complexity index is 7690. The van der Waals surface area contributed by atoms with Crippen molar-refractivity contribution in [3.05, 3.63) is 343 Å². The first kappa shape index (κ1) is 38.5. The summed E-state index contributed by atoms with van der Waals surface area (Å²) in [6.45, 7) is 11.8. The number of nitrogens with zero attached hydrogens (tertiary/aromatic N) is 4. The van der Waals surface area contributed by atoms with E-state index in [0.717, 1.165) is 21.9 Å². The summed E-state index contributed by atoms with van der Waals surface area (Å²) >= 11 is 0. The third-order valence-electron chi connectivity index (χ3n) is 19.3. The van der Waals surface area contributed by atoms with Crippen LogP contribution in [-0.4, -0.2) is 22.2 Å². The molecule has 0 spiro atoms. The predicted molar refractivity (Wildman–Crippen MR) is 438 cm³/mol. The van der Waals surface area contributed by atoms with Gasteiger partial charge in [-0.3, -0.25) is 13.7 Å². The van der Waals surface area contributed by atoms with Gasteiger partial charge in [0.1, 0.15) is 17.3 Å². The highest BCUT2D eigenvalue weighted by Gasteiger charge is 2.42. The van der Waals surface area contributed by atoms with Crippen LogP contribution in [0, 0.1) is 20.0 Å². The molecule has 6 heteroatoms. The summed E-state index contributed by atoms with van der Waals surface area (Å²) in [6, 6.07) is 7.72. The lowest BCUT2D eigenvalue weighted by molar-refractivity contribution is -0.570. The molecule has 0 atom stereocenters. The molecule has 506 valence electrons. The number of benzene rings is 13. The van der Waals surface area contributed by atoms with E-state index >= 15 is 0 Å². The van der Waals surface area contributed by atoms with Crippen molar-refractivity contribution in [1.82, 2.24) is 14.1 Å². The molecule has 0 unspecified atom stereocenters. The topological polar surface area (TPSA) is 35.9 Å². The lowest BCUT2D eigenvalue weighted by Gasteiger charge is -2.34. The number of imidazole rings is 1. The molecule has 0 aliphatic carbocycles. The molecule has 0 radical (unpaired) electrons. The SMILES string of the molecule is [2H]c1c([2H])c([2H])c([Si](c2c([2H])c([2H])c([2H])c([2H])c2[2H])(c2c([2H])c([2H])c([2H])c([2H])c2[2H])c2c([2H])c([2H])c([2H])c(-c3cc4c5c(c3)n(-c3cccc(Oc6ccc7c8ccccc8n(-c8cc(C(C)(C)C)ccn8)c7c6)c3)[c-][n+]5-c3c(-c5cc(C(C)(C)C)cc(C(C)(C)C)c5)cc(-c5c(C([2H])([2H])[2H])cccc5C([2H])([2H])[2H])cc3-c3c([2H])c([2H])c([2H])c([2H])c3-c3c([2H])c([2H])c([2H])c([2H])c3-4)c2[2H])c([2H])c1[2H]. The third-order valence-corrected chi connectivity index (χ3v) is 23.3. The Morgan fingerprint density at radius 3 is 1.59 bits per heavy atom. The number of aromatic nitrogens is 4. The quantitative estimate of drug-likeness (QED) is 0.0560. The molecule has 4 heterocycles. The van der Waals surface area contributed by atoms with Gasteiger partial charge in [-0.2, -0.15) is 0 Å². The third kappa shape index (κ3) is 11.3. The number of para-hydroxylation sites is 1. The van der Waals surface area contributed by atoms with Crippen molar-refractivity contribution in [2.45, 2.75) is 92.3 Å². The molecule has 0 N–H and O–H groups in total. The van der Waals surface area contributed by atoms with Gasteiger partial charge in [-0.25, -0.2) is 4.98 Å². The molecule has 1 aliphatic heterocycles. The van der Waals surface area contributed by atoms with Crippen LogP contribution in [0.15, 0.2) is 309 Å². The van der Waals surface area contributed by atoms with Gasteiger partial charge >= 0.3 is 0 Å². The normalized spacial score (nSPS) is 17.1. The van der Waals surface area contributed by atoms with E-state index < -0.39 is 267 Å². The van der Waals surface area contributed by atoms with Crippen LogP contribution in [0.4, 0.5) is 0 Å². The van der Waals surface area contributed by atoms with E-state index in [0.29, 0.717) is 28.0 Å². The molecule has 13 aromatic carbocycles. The molecule has 0 bridgehead atoms. The molecule has 104 heavy (non-hydrogen) atoms. The maximum atomic E-state index is 11.3. The van der Waals surface area contributed by atoms with Gasteiger partial charge in [0.05, 0.1) is 70.5 Å². The predicted octanol–water partition coefficient (Wildman–Crippen LogP) is 22.2. The fourth-order valence-corrected chi connectivity index (χ4v) is 17.7. The second-order valence-electron chi connectivity index (χ2n) is 28.9. The smallest absolute Gasteiger partial charge is 0.269 e. The van der Waals surface area contributed by atoms with Crippen molar-refractivity contribution in [3.63, 3.8) is 0 Å². The van der Waals surface area contributed by atoms with Crippen LogP contribution in [0.5, 0.6) is 11.5 Å². The average molecular weight is 1400 g/mol. The molecule has 16 aromatic rings. The van der Waals surface area contributed by atoms with Crippen molar-refractivity contribution < 1.29 is 54.5 Å². The number of hydrogen-bond donors (Lipinski definition) is 0. The zero-order chi connectivity index (χ0) is 99.9. The Kier molecular flexibility index (Phi) is 9.40. The minimum Gasteiger partial charge on any atom is -0.458 e. The van der Waals surface area contributed by atoms with Gasteiger partial charge in [0.25, 0.3) is 6.33 Å². The van der Waals surface area contributed by atoms with E-state index in [-0.39, 0.29) is 61.6 Å². The van der Waals surface area contributed by atoms with Crippen molar-refractivity contribution in [3.8, 4) is 95.5 Å². The van der Waals surface area contributed by atoms with Crippen LogP contribution in [0.1, 0.15) is 135 Å². The van der Waals surface area contributed by atoms with Crippen LogP contribution in [-0.2, 0) is 16.2 Å². The maximum Gasteiger partial charge on any atom is 0.269 e. The van der Waals surface area contributed by atoms with Gasteiger partial charge in [-0.15, -0.1) is 0 Å². The Hall–Kier alpha value is -11.7. The molecular weight excluding hydrogens is 1280 g/mol. The number of hydrogen-bond acceptors (Lipinski definition) is 2. The highest BCUT2D eigenvalue weighted by Crippen LogP contribution is 2.49. The summed E-state index contributed by atoms with van der Waals surface area (Å²) in [5.41, 5.74) is -3.98. The molecule has 3 aromatic heterocycles. The Morgan fingerprint density at radius 1 is 0.413 bits per heavy atom. The van der Waals surface area contributed by atoms with Crippen molar-refractivity contribution >= 4 is 61.7 Å². The first-order valence-corrected chi connectivity index (χ1v) is 35.8. The number of aryl methyl sites for hydroxylation is 2. The van der Waals surface area contributed by atoms with Crippen LogP contribution >= 0.6 is 0 Å². The summed E-state index contributed by atoms with van der Waals surface area (Å²) < 4.78 is 334.